The molecule has 0 unspecified atom stereocenters. The van der Waals surface area contributed by atoms with Gasteiger partial charge in [0.2, 0.25) is 17.7 Å². The van der Waals surface area contributed by atoms with Crippen molar-refractivity contribution in [3.63, 3.8) is 0 Å². The lowest BCUT2D eigenvalue weighted by molar-refractivity contribution is -0.128. The predicted octanol–water partition coefficient (Wildman–Crippen LogP) is -0.0376. The summed E-state index contributed by atoms with van der Waals surface area (Å²) in [6, 6.07) is 3.38. The van der Waals surface area contributed by atoms with E-state index >= 15 is 0 Å². The zero-order valence-corrected chi connectivity index (χ0v) is 15.1. The third-order valence-corrected chi connectivity index (χ3v) is 4.53. The molecule has 4 N–H and O–H groups in total. The van der Waals surface area contributed by atoms with Gasteiger partial charge in [0.25, 0.3) is 0 Å². The highest BCUT2D eigenvalue weighted by Crippen LogP contribution is 2.36. The van der Waals surface area contributed by atoms with Gasteiger partial charge >= 0.3 is 0 Å². The van der Waals surface area contributed by atoms with E-state index in [4.69, 9.17) is 5.73 Å². The van der Waals surface area contributed by atoms with Crippen LogP contribution in [-0.2, 0) is 14.4 Å². The monoisotopic (exact) mass is 361 g/mol. The van der Waals surface area contributed by atoms with Gasteiger partial charge in [0, 0.05) is 45.4 Å². The second kappa shape index (κ2) is 9.86. The van der Waals surface area contributed by atoms with Gasteiger partial charge < -0.3 is 21.3 Å². The van der Waals surface area contributed by atoms with Crippen molar-refractivity contribution < 1.29 is 14.4 Å². The first-order chi connectivity index (χ1) is 12.5. The molecule has 0 aliphatic carbocycles. The SMILES string of the molecule is CN1C(=O)C[C@H](C(=O)NCCCNC(=O)CCCN)[C@H]1c1cccnc1. The molecule has 0 saturated carbocycles. The van der Waals surface area contributed by atoms with Gasteiger partial charge in [-0.05, 0) is 31.0 Å². The normalized spacial score (nSPS) is 19.5. The van der Waals surface area contributed by atoms with E-state index in [0.29, 0.717) is 38.9 Å². The van der Waals surface area contributed by atoms with Crippen LogP contribution in [0.3, 0.4) is 0 Å². The molecule has 2 rings (SSSR count). The lowest BCUT2D eigenvalue weighted by Gasteiger charge is -2.24. The van der Waals surface area contributed by atoms with Crippen LogP contribution in [0.2, 0.25) is 0 Å². The minimum atomic E-state index is -0.434. The maximum atomic E-state index is 12.5. The van der Waals surface area contributed by atoms with E-state index < -0.39 is 5.92 Å². The third kappa shape index (κ3) is 5.26. The fourth-order valence-electron chi connectivity index (χ4n) is 3.12. The van der Waals surface area contributed by atoms with Crippen LogP contribution < -0.4 is 16.4 Å². The molecular weight excluding hydrogens is 334 g/mol. The summed E-state index contributed by atoms with van der Waals surface area (Å²) >= 11 is 0. The topological polar surface area (TPSA) is 117 Å². The molecule has 142 valence electrons. The fourth-order valence-corrected chi connectivity index (χ4v) is 3.12. The first-order valence-corrected chi connectivity index (χ1v) is 8.94. The summed E-state index contributed by atoms with van der Waals surface area (Å²) in [6.07, 6.45) is 5.27. The number of rotatable bonds is 9. The number of likely N-dealkylation sites (tertiary alicyclic amines) is 1. The molecule has 8 nitrogen and oxygen atoms in total. The number of aromatic nitrogens is 1. The number of carbonyl (C=O) groups is 3. The molecule has 2 atom stereocenters. The first kappa shape index (κ1) is 19.8. The Bertz CT molecular complexity index is 623. The summed E-state index contributed by atoms with van der Waals surface area (Å²) in [4.78, 5) is 41.8. The van der Waals surface area contributed by atoms with Crippen LogP contribution >= 0.6 is 0 Å². The van der Waals surface area contributed by atoms with Gasteiger partial charge in [-0.25, -0.2) is 0 Å². The average Bonchev–Trinajstić information content (AvgIpc) is 2.95. The molecular formula is C18H27N5O3. The van der Waals surface area contributed by atoms with Crippen molar-refractivity contribution in [2.24, 2.45) is 11.7 Å². The van der Waals surface area contributed by atoms with Crippen molar-refractivity contribution in [3.8, 4) is 0 Å². The van der Waals surface area contributed by atoms with E-state index in [1.54, 1.807) is 30.4 Å². The largest absolute Gasteiger partial charge is 0.356 e. The molecule has 2 heterocycles. The Morgan fingerprint density at radius 1 is 1.31 bits per heavy atom. The van der Waals surface area contributed by atoms with Crippen molar-refractivity contribution in [3.05, 3.63) is 30.1 Å². The molecule has 1 aliphatic rings. The van der Waals surface area contributed by atoms with Crippen LogP contribution in [0.25, 0.3) is 0 Å². The number of hydrogen-bond acceptors (Lipinski definition) is 5. The maximum absolute atomic E-state index is 12.5. The van der Waals surface area contributed by atoms with Crippen LogP contribution in [0.4, 0.5) is 0 Å². The summed E-state index contributed by atoms with van der Waals surface area (Å²) in [6.45, 7) is 1.44. The smallest absolute Gasteiger partial charge is 0.226 e. The molecule has 0 spiro atoms. The number of nitrogens with zero attached hydrogens (tertiary/aromatic N) is 2. The van der Waals surface area contributed by atoms with E-state index in [-0.39, 0.29) is 30.2 Å². The summed E-state index contributed by atoms with van der Waals surface area (Å²) in [5, 5.41) is 5.67. The maximum Gasteiger partial charge on any atom is 0.226 e. The van der Waals surface area contributed by atoms with Crippen molar-refractivity contribution in [1.82, 2.24) is 20.5 Å². The Hall–Kier alpha value is -2.48. The van der Waals surface area contributed by atoms with Crippen LogP contribution in [0.1, 0.15) is 37.3 Å². The summed E-state index contributed by atoms with van der Waals surface area (Å²) in [5.41, 5.74) is 6.21. The molecule has 1 aromatic heterocycles. The lowest BCUT2D eigenvalue weighted by atomic mass is 9.94. The van der Waals surface area contributed by atoms with Gasteiger partial charge in [-0.2, -0.15) is 0 Å². The van der Waals surface area contributed by atoms with Crippen molar-refractivity contribution >= 4 is 17.7 Å². The average molecular weight is 361 g/mol. The molecule has 8 heteroatoms. The number of pyridine rings is 1. The Balaban J connectivity index is 1.80. The number of hydrogen-bond donors (Lipinski definition) is 3. The molecule has 1 fully saturated rings. The number of amides is 3. The van der Waals surface area contributed by atoms with Gasteiger partial charge in [-0.15, -0.1) is 0 Å². The number of nitrogens with one attached hydrogen (secondary N) is 2. The van der Waals surface area contributed by atoms with E-state index in [9.17, 15) is 14.4 Å². The van der Waals surface area contributed by atoms with Crippen LogP contribution in [0.5, 0.6) is 0 Å². The molecule has 0 radical (unpaired) electrons. The quantitative estimate of drug-likeness (QED) is 0.534. The second-order valence-corrected chi connectivity index (χ2v) is 6.43. The van der Waals surface area contributed by atoms with Gasteiger partial charge in [0.1, 0.15) is 0 Å². The Labute approximate surface area is 153 Å². The van der Waals surface area contributed by atoms with Crippen molar-refractivity contribution in [1.29, 1.82) is 0 Å². The van der Waals surface area contributed by atoms with Gasteiger partial charge in [0.15, 0.2) is 0 Å². The van der Waals surface area contributed by atoms with Gasteiger partial charge in [0.05, 0.1) is 12.0 Å². The van der Waals surface area contributed by atoms with E-state index in [2.05, 4.69) is 15.6 Å². The standard InChI is InChI=1S/C18H27N5O3/c1-23-16(25)11-14(17(23)13-5-3-8-20-12-13)18(26)22-10-4-9-21-15(24)6-2-7-19/h3,5,8,12,14,17H,2,4,6-7,9-11,19H2,1H3,(H,21,24)(H,22,26)/t14-,17+/m0/s1. The first-order valence-electron chi connectivity index (χ1n) is 8.94. The van der Waals surface area contributed by atoms with E-state index in [0.717, 1.165) is 5.56 Å². The Morgan fingerprint density at radius 2 is 2.08 bits per heavy atom. The zero-order chi connectivity index (χ0) is 18.9. The van der Waals surface area contributed by atoms with Crippen LogP contribution in [-0.4, -0.2) is 54.3 Å². The lowest BCUT2D eigenvalue weighted by Crippen LogP contribution is -2.36. The number of nitrogens with two attached hydrogens (primary N) is 1. The second-order valence-electron chi connectivity index (χ2n) is 6.43. The van der Waals surface area contributed by atoms with Gasteiger partial charge in [-0.1, -0.05) is 6.07 Å². The summed E-state index contributed by atoms with van der Waals surface area (Å²) < 4.78 is 0. The van der Waals surface area contributed by atoms with Crippen molar-refractivity contribution in [2.75, 3.05) is 26.7 Å². The molecule has 1 aromatic rings. The predicted molar refractivity (Wildman–Crippen MR) is 96.8 cm³/mol. The van der Waals surface area contributed by atoms with E-state index in [1.165, 1.54) is 0 Å². The zero-order valence-electron chi connectivity index (χ0n) is 15.1. The van der Waals surface area contributed by atoms with Crippen LogP contribution in [0.15, 0.2) is 24.5 Å². The highest BCUT2D eigenvalue weighted by molar-refractivity contribution is 5.90. The third-order valence-electron chi connectivity index (χ3n) is 4.53. The molecule has 0 aromatic carbocycles. The van der Waals surface area contributed by atoms with Gasteiger partial charge in [-0.3, -0.25) is 19.4 Å². The van der Waals surface area contributed by atoms with E-state index in [1.807, 2.05) is 6.07 Å². The highest BCUT2D eigenvalue weighted by Gasteiger charge is 2.42. The minimum absolute atomic E-state index is 0.0265. The molecule has 3 amide bonds. The molecule has 0 bridgehead atoms. The van der Waals surface area contributed by atoms with Crippen molar-refractivity contribution in [2.45, 2.75) is 31.7 Å². The Kier molecular flexibility index (Phi) is 7.53. The highest BCUT2D eigenvalue weighted by atomic mass is 16.2. The summed E-state index contributed by atoms with van der Waals surface area (Å²) in [7, 11) is 1.71. The number of carbonyl (C=O) groups excluding carboxylic acids is 3. The fraction of sp³-hybridized carbons (Fsp3) is 0.556. The summed E-state index contributed by atoms with van der Waals surface area (Å²) in [5.74, 6) is -0.658. The molecule has 1 saturated heterocycles. The Morgan fingerprint density at radius 3 is 2.77 bits per heavy atom. The minimum Gasteiger partial charge on any atom is -0.356 e. The molecule has 26 heavy (non-hydrogen) atoms. The molecule has 1 aliphatic heterocycles. The van der Waals surface area contributed by atoms with Crippen LogP contribution in [0, 0.1) is 5.92 Å².